The van der Waals surface area contributed by atoms with Crippen LogP contribution in [-0.4, -0.2) is 56.6 Å². The molecule has 4 rings (SSSR count). The van der Waals surface area contributed by atoms with Crippen molar-refractivity contribution in [2.24, 2.45) is 0 Å². The van der Waals surface area contributed by atoms with Gasteiger partial charge >= 0.3 is 6.18 Å². The van der Waals surface area contributed by atoms with E-state index in [1.165, 1.54) is 0 Å². The van der Waals surface area contributed by atoms with E-state index >= 15 is 0 Å². The fourth-order valence-electron chi connectivity index (χ4n) is 3.55. The molecule has 3 aromatic rings. The molecule has 0 aliphatic carbocycles. The third-order valence-electron chi connectivity index (χ3n) is 4.81. The van der Waals surface area contributed by atoms with Crippen LogP contribution in [0.15, 0.2) is 18.5 Å². The number of aromatic amines is 1. The fourth-order valence-corrected chi connectivity index (χ4v) is 3.55. The Morgan fingerprint density at radius 2 is 2.18 bits per heavy atom. The van der Waals surface area contributed by atoms with Gasteiger partial charge < -0.3 is 15.2 Å². The van der Waals surface area contributed by atoms with Gasteiger partial charge in [-0.25, -0.2) is 0 Å². The Bertz CT molecular complexity index is 1000. The minimum atomic E-state index is -4.33. The van der Waals surface area contributed by atoms with Crippen LogP contribution in [-0.2, 0) is 4.79 Å². The van der Waals surface area contributed by atoms with Crippen molar-refractivity contribution in [3.05, 3.63) is 18.5 Å². The third kappa shape index (κ3) is 3.82. The largest absolute Gasteiger partial charge is 0.389 e. The van der Waals surface area contributed by atoms with Gasteiger partial charge in [0.1, 0.15) is 0 Å². The lowest BCUT2D eigenvalue weighted by Crippen LogP contribution is -2.48. The van der Waals surface area contributed by atoms with E-state index < -0.39 is 24.9 Å². The number of aromatic nitrogens is 5. The van der Waals surface area contributed by atoms with Gasteiger partial charge in [0.05, 0.1) is 23.7 Å². The predicted molar refractivity (Wildman–Crippen MR) is 95.7 cm³/mol. The van der Waals surface area contributed by atoms with Crippen molar-refractivity contribution >= 4 is 33.7 Å². The van der Waals surface area contributed by atoms with E-state index in [0.717, 1.165) is 29.4 Å². The number of piperidine rings is 1. The van der Waals surface area contributed by atoms with E-state index in [1.54, 1.807) is 12.4 Å². The summed E-state index contributed by atoms with van der Waals surface area (Å²) in [6, 6.07) is 1.66. The number of rotatable bonds is 4. The minimum absolute atomic E-state index is 0.228. The van der Waals surface area contributed by atoms with Gasteiger partial charge in [0.2, 0.25) is 11.6 Å². The van der Waals surface area contributed by atoms with E-state index in [1.807, 2.05) is 6.07 Å². The maximum atomic E-state index is 12.3. The summed E-state index contributed by atoms with van der Waals surface area (Å²) in [5.41, 5.74) is 1.87. The van der Waals surface area contributed by atoms with Gasteiger partial charge in [-0.2, -0.15) is 18.3 Å². The highest BCUT2D eigenvalue weighted by Crippen LogP contribution is 2.31. The quantitative estimate of drug-likeness (QED) is 0.706. The number of amides is 1. The molecule has 148 valence electrons. The van der Waals surface area contributed by atoms with E-state index in [9.17, 15) is 18.0 Å². The topological polar surface area (TPSA) is 99.7 Å². The molecule has 28 heavy (non-hydrogen) atoms. The maximum absolute atomic E-state index is 12.3. The number of anilines is 1. The van der Waals surface area contributed by atoms with Crippen LogP contribution >= 0.6 is 0 Å². The van der Waals surface area contributed by atoms with Crippen LogP contribution < -0.4 is 10.2 Å². The third-order valence-corrected chi connectivity index (χ3v) is 4.81. The molecule has 2 N–H and O–H groups in total. The molecule has 0 bridgehead atoms. The summed E-state index contributed by atoms with van der Waals surface area (Å²) in [7, 11) is 0. The van der Waals surface area contributed by atoms with Gasteiger partial charge in [0.15, 0.2) is 5.65 Å². The van der Waals surface area contributed by atoms with Crippen molar-refractivity contribution < 1.29 is 18.0 Å². The van der Waals surface area contributed by atoms with E-state index in [-0.39, 0.29) is 6.04 Å². The number of nitrogens with one attached hydrogen (secondary N) is 2. The zero-order valence-electron chi connectivity index (χ0n) is 14.8. The second kappa shape index (κ2) is 7.21. The van der Waals surface area contributed by atoms with E-state index in [0.29, 0.717) is 24.3 Å². The van der Waals surface area contributed by atoms with Crippen molar-refractivity contribution in [3.63, 3.8) is 0 Å². The van der Waals surface area contributed by atoms with Crippen LogP contribution in [0.3, 0.4) is 0 Å². The number of carbonyl (C=O) groups is 1. The Labute approximate surface area is 157 Å². The molecule has 0 saturated carbocycles. The zero-order valence-corrected chi connectivity index (χ0v) is 14.8. The Hall–Kier alpha value is -2.98. The van der Waals surface area contributed by atoms with Gasteiger partial charge in [-0.05, 0) is 18.9 Å². The van der Waals surface area contributed by atoms with Gasteiger partial charge in [-0.1, -0.05) is 0 Å². The first-order chi connectivity index (χ1) is 13.4. The first-order valence-corrected chi connectivity index (χ1v) is 8.97. The number of nitrogens with zero attached hydrogens (tertiary/aromatic N) is 5. The molecule has 11 heteroatoms. The molecule has 1 unspecified atom stereocenters. The van der Waals surface area contributed by atoms with Gasteiger partial charge in [0, 0.05) is 37.1 Å². The Morgan fingerprint density at radius 1 is 1.32 bits per heavy atom. The molecule has 8 nitrogen and oxygen atoms in total. The number of H-pyrrole nitrogens is 1. The van der Waals surface area contributed by atoms with Gasteiger partial charge in [0.25, 0.3) is 0 Å². The number of carbonyl (C=O) groups excluding carboxylic acids is 1. The predicted octanol–water partition coefficient (Wildman–Crippen LogP) is 2.33. The molecule has 1 atom stereocenters. The van der Waals surface area contributed by atoms with Crippen LogP contribution in [0.2, 0.25) is 0 Å². The molecule has 0 radical (unpaired) electrons. The van der Waals surface area contributed by atoms with Crippen molar-refractivity contribution in [2.75, 3.05) is 18.0 Å². The summed E-state index contributed by atoms with van der Waals surface area (Å²) in [5.74, 6) is -0.583. The van der Waals surface area contributed by atoms with Crippen LogP contribution in [0.1, 0.15) is 25.7 Å². The molecule has 3 aromatic heterocycles. The Balaban J connectivity index is 1.54. The van der Waals surface area contributed by atoms with Crippen molar-refractivity contribution in [2.45, 2.75) is 37.9 Å². The Morgan fingerprint density at radius 3 is 3.00 bits per heavy atom. The van der Waals surface area contributed by atoms with Crippen LogP contribution in [0.4, 0.5) is 18.9 Å². The molecular formula is C17H18F3N7O. The van der Waals surface area contributed by atoms with Gasteiger partial charge in [-0.15, -0.1) is 15.3 Å². The van der Waals surface area contributed by atoms with E-state index in [4.69, 9.17) is 0 Å². The standard InChI is InChI=1S/C17H18F3N7O/c18-17(19,20)5-3-13(28)23-10-2-1-7-27(9-10)12-8-22-24-16-14(12)11-4-6-21-15(11)25-26-16/h4,6,8,10H,1-3,5,7,9H2,(H,21,25)(H,23,28). The van der Waals surface area contributed by atoms with Crippen LogP contribution in [0.25, 0.3) is 22.1 Å². The number of alkyl halides is 3. The van der Waals surface area contributed by atoms with E-state index in [2.05, 4.69) is 35.6 Å². The summed E-state index contributed by atoms with van der Waals surface area (Å²) >= 11 is 0. The molecular weight excluding hydrogens is 375 g/mol. The first kappa shape index (κ1) is 18.4. The molecule has 1 fully saturated rings. The average Bonchev–Trinajstić information content (AvgIpc) is 3.15. The molecule has 1 aliphatic rings. The number of halogens is 3. The highest BCUT2D eigenvalue weighted by Gasteiger charge is 2.29. The normalized spacial score (nSPS) is 18.0. The SMILES string of the molecule is O=C(CCC(F)(F)F)NC1CCCN(c2cnnc3nnc4[nH]ccc4c23)C1. The first-order valence-electron chi connectivity index (χ1n) is 8.97. The zero-order chi connectivity index (χ0) is 19.7. The fraction of sp³-hybridized carbons (Fsp3) is 0.471. The van der Waals surface area contributed by atoms with Crippen molar-refractivity contribution in [3.8, 4) is 0 Å². The lowest BCUT2D eigenvalue weighted by Gasteiger charge is -2.35. The maximum Gasteiger partial charge on any atom is 0.389 e. The molecule has 1 saturated heterocycles. The van der Waals surface area contributed by atoms with Gasteiger partial charge in [-0.3, -0.25) is 4.79 Å². The lowest BCUT2D eigenvalue weighted by molar-refractivity contribution is -0.144. The second-order valence-corrected chi connectivity index (χ2v) is 6.84. The number of hydrogen-bond acceptors (Lipinski definition) is 6. The summed E-state index contributed by atoms with van der Waals surface area (Å²) in [6.45, 7) is 1.22. The van der Waals surface area contributed by atoms with Crippen LogP contribution in [0, 0.1) is 0 Å². The summed E-state index contributed by atoms with van der Waals surface area (Å²) < 4.78 is 36.9. The Kier molecular flexibility index (Phi) is 4.73. The highest BCUT2D eigenvalue weighted by atomic mass is 19.4. The second-order valence-electron chi connectivity index (χ2n) is 6.84. The van der Waals surface area contributed by atoms with Crippen LogP contribution in [0.5, 0.6) is 0 Å². The molecule has 1 amide bonds. The number of hydrogen-bond donors (Lipinski definition) is 2. The summed E-state index contributed by atoms with van der Waals surface area (Å²) in [5, 5.41) is 20.6. The van der Waals surface area contributed by atoms with Crippen molar-refractivity contribution in [1.82, 2.24) is 30.7 Å². The molecule has 0 spiro atoms. The molecule has 0 aromatic carbocycles. The number of fused-ring (bicyclic) bond motifs is 3. The smallest absolute Gasteiger partial charge is 0.368 e. The van der Waals surface area contributed by atoms with Crippen molar-refractivity contribution in [1.29, 1.82) is 0 Å². The summed E-state index contributed by atoms with van der Waals surface area (Å²) in [4.78, 5) is 17.0. The molecule has 1 aliphatic heterocycles. The lowest BCUT2D eigenvalue weighted by atomic mass is 10.0. The molecule has 4 heterocycles. The average molecular weight is 393 g/mol. The summed E-state index contributed by atoms with van der Waals surface area (Å²) in [6.07, 6.45) is -1.09. The monoisotopic (exact) mass is 393 g/mol. The highest BCUT2D eigenvalue weighted by molar-refractivity contribution is 6.08. The minimum Gasteiger partial charge on any atom is -0.368 e.